The van der Waals surface area contributed by atoms with E-state index in [4.69, 9.17) is 16.3 Å². The molecule has 4 aromatic rings. The number of para-hydroxylation sites is 1. The molecule has 1 aliphatic heterocycles. The highest BCUT2D eigenvalue weighted by molar-refractivity contribution is 6.31. The number of fused-ring (bicyclic) bond motifs is 1. The highest BCUT2D eigenvalue weighted by Crippen LogP contribution is 2.28. The van der Waals surface area contributed by atoms with Gasteiger partial charge in [0.1, 0.15) is 11.4 Å². The number of aromatic amines is 1. The molecule has 174 valence electrons. The van der Waals surface area contributed by atoms with Crippen LogP contribution in [0.2, 0.25) is 5.02 Å². The third kappa shape index (κ3) is 4.79. The molecule has 1 aromatic carbocycles. The lowest BCUT2D eigenvalue weighted by atomic mass is 9.98. The van der Waals surface area contributed by atoms with Crippen LogP contribution in [0.5, 0.6) is 5.75 Å². The summed E-state index contributed by atoms with van der Waals surface area (Å²) in [6, 6.07) is 10.7. The van der Waals surface area contributed by atoms with Crippen molar-refractivity contribution in [2.45, 2.75) is 12.8 Å². The number of ether oxygens (including phenoxy) is 1. The van der Waals surface area contributed by atoms with Crippen molar-refractivity contribution in [1.29, 1.82) is 0 Å². The number of hydrogen-bond acceptors (Lipinski definition) is 6. The molecule has 0 aliphatic carbocycles. The van der Waals surface area contributed by atoms with Gasteiger partial charge >= 0.3 is 6.09 Å². The molecule has 0 unspecified atom stereocenters. The average molecular weight is 481 g/mol. The Morgan fingerprint density at radius 3 is 2.97 bits per heavy atom. The van der Waals surface area contributed by atoms with Gasteiger partial charge < -0.3 is 19.9 Å². The van der Waals surface area contributed by atoms with Gasteiger partial charge in [0.2, 0.25) is 0 Å². The van der Waals surface area contributed by atoms with Crippen LogP contribution in [-0.4, -0.2) is 50.6 Å². The van der Waals surface area contributed by atoms with E-state index in [9.17, 15) is 9.18 Å². The molecule has 5 rings (SSSR count). The zero-order valence-corrected chi connectivity index (χ0v) is 18.9. The van der Waals surface area contributed by atoms with Gasteiger partial charge in [-0.05, 0) is 37.0 Å². The number of rotatable bonds is 5. The van der Waals surface area contributed by atoms with Crippen LogP contribution in [0.25, 0.3) is 22.4 Å². The van der Waals surface area contributed by atoms with Crippen molar-refractivity contribution < 1.29 is 13.9 Å². The number of pyridine rings is 1. The van der Waals surface area contributed by atoms with Crippen molar-refractivity contribution in [2.24, 2.45) is 5.92 Å². The Kier molecular flexibility index (Phi) is 6.27. The third-order valence-corrected chi connectivity index (χ3v) is 5.97. The van der Waals surface area contributed by atoms with Crippen LogP contribution >= 0.6 is 11.6 Å². The first kappa shape index (κ1) is 22.1. The quantitative estimate of drug-likeness (QED) is 0.411. The summed E-state index contributed by atoms with van der Waals surface area (Å²) in [4.78, 5) is 30.0. The van der Waals surface area contributed by atoms with E-state index in [1.165, 1.54) is 0 Å². The summed E-state index contributed by atoms with van der Waals surface area (Å²) in [5.74, 6) is 0.563. The van der Waals surface area contributed by atoms with E-state index in [1.54, 1.807) is 35.5 Å². The van der Waals surface area contributed by atoms with E-state index >= 15 is 0 Å². The maximum atomic E-state index is 14.5. The molecule has 3 aromatic heterocycles. The van der Waals surface area contributed by atoms with Crippen molar-refractivity contribution in [2.75, 3.05) is 25.0 Å². The third-order valence-electron chi connectivity index (χ3n) is 5.77. The van der Waals surface area contributed by atoms with Crippen LogP contribution in [0, 0.1) is 11.7 Å². The first-order valence-electron chi connectivity index (χ1n) is 11.0. The van der Waals surface area contributed by atoms with Gasteiger partial charge in [-0.2, -0.15) is 0 Å². The molecule has 1 fully saturated rings. The topological polar surface area (TPSA) is 96.0 Å². The van der Waals surface area contributed by atoms with Crippen molar-refractivity contribution in [3.63, 3.8) is 0 Å². The van der Waals surface area contributed by atoms with Crippen molar-refractivity contribution in [3.8, 4) is 17.1 Å². The Balaban J connectivity index is 1.26. The first-order valence-corrected chi connectivity index (χ1v) is 11.4. The summed E-state index contributed by atoms with van der Waals surface area (Å²) in [5.41, 5.74) is 1.33. The molecule has 0 bridgehead atoms. The number of nitrogens with one attached hydrogen (secondary N) is 2. The maximum absolute atomic E-state index is 14.5. The van der Waals surface area contributed by atoms with Gasteiger partial charge in [0.15, 0.2) is 17.5 Å². The molecule has 1 aliphatic rings. The number of likely N-dealkylation sites (tertiary alicyclic amines) is 1. The maximum Gasteiger partial charge on any atom is 0.415 e. The van der Waals surface area contributed by atoms with Crippen LogP contribution in [0.4, 0.5) is 15.0 Å². The average Bonchev–Trinajstić information content (AvgIpc) is 3.27. The van der Waals surface area contributed by atoms with Gasteiger partial charge in [0.25, 0.3) is 0 Å². The van der Waals surface area contributed by atoms with Crippen LogP contribution in [0.15, 0.2) is 55.0 Å². The van der Waals surface area contributed by atoms with Crippen molar-refractivity contribution >= 4 is 34.5 Å². The van der Waals surface area contributed by atoms with Crippen LogP contribution in [0.1, 0.15) is 12.8 Å². The SMILES string of the molecule is O=C(Oc1ccccc1)N1CCC[C@H](CNc2nc(-c3c[nH]c4ncc(Cl)cc34)ncc2F)C1. The Hall–Kier alpha value is -3.72. The Morgan fingerprint density at radius 1 is 1.26 bits per heavy atom. The van der Waals surface area contributed by atoms with Crippen molar-refractivity contribution in [3.05, 3.63) is 65.8 Å². The van der Waals surface area contributed by atoms with Crippen LogP contribution < -0.4 is 10.1 Å². The minimum absolute atomic E-state index is 0.110. The highest BCUT2D eigenvalue weighted by atomic mass is 35.5. The lowest BCUT2D eigenvalue weighted by molar-refractivity contribution is 0.128. The largest absolute Gasteiger partial charge is 0.415 e. The molecule has 1 amide bonds. The molecule has 34 heavy (non-hydrogen) atoms. The lowest BCUT2D eigenvalue weighted by Crippen LogP contribution is -2.43. The second kappa shape index (κ2) is 9.64. The molecule has 1 saturated heterocycles. The van der Waals surface area contributed by atoms with Crippen LogP contribution in [-0.2, 0) is 0 Å². The number of halogens is 2. The summed E-state index contributed by atoms with van der Waals surface area (Å²) in [6.45, 7) is 1.61. The van der Waals surface area contributed by atoms with Crippen molar-refractivity contribution in [1.82, 2.24) is 24.8 Å². The summed E-state index contributed by atoms with van der Waals surface area (Å²) in [7, 11) is 0. The number of nitrogens with zero attached hydrogens (tertiary/aromatic N) is 4. The zero-order chi connectivity index (χ0) is 23.5. The molecule has 0 saturated carbocycles. The molecular formula is C24H22ClFN6O2. The van der Waals surface area contributed by atoms with E-state index in [0.29, 0.717) is 47.4 Å². The zero-order valence-electron chi connectivity index (χ0n) is 18.2. The fourth-order valence-corrected chi connectivity index (χ4v) is 4.23. The van der Waals surface area contributed by atoms with Gasteiger partial charge in [-0.25, -0.2) is 24.1 Å². The highest BCUT2D eigenvalue weighted by Gasteiger charge is 2.25. The number of aromatic nitrogens is 4. The number of benzene rings is 1. The minimum Gasteiger partial charge on any atom is -0.410 e. The van der Waals surface area contributed by atoms with E-state index < -0.39 is 5.82 Å². The normalized spacial score (nSPS) is 15.9. The number of carbonyl (C=O) groups excluding carboxylic acids is 1. The number of amides is 1. The molecular weight excluding hydrogens is 459 g/mol. The summed E-state index contributed by atoms with van der Waals surface area (Å²) in [5, 5.41) is 4.34. The minimum atomic E-state index is -0.545. The fraction of sp³-hybridized carbons (Fsp3) is 0.250. The van der Waals surface area contributed by atoms with Gasteiger partial charge in [-0.15, -0.1) is 0 Å². The predicted molar refractivity (Wildman–Crippen MR) is 127 cm³/mol. The van der Waals surface area contributed by atoms with E-state index in [2.05, 4.69) is 25.3 Å². The predicted octanol–water partition coefficient (Wildman–Crippen LogP) is 5.14. The number of carbonyl (C=O) groups is 1. The number of hydrogen-bond donors (Lipinski definition) is 2. The molecule has 10 heteroatoms. The molecule has 0 radical (unpaired) electrons. The van der Waals surface area contributed by atoms with E-state index in [0.717, 1.165) is 24.4 Å². The lowest BCUT2D eigenvalue weighted by Gasteiger charge is -2.32. The molecule has 8 nitrogen and oxygen atoms in total. The van der Waals surface area contributed by atoms with Gasteiger partial charge in [0.05, 0.1) is 11.2 Å². The molecule has 1 atom stereocenters. The molecule has 0 spiro atoms. The van der Waals surface area contributed by atoms with Gasteiger partial charge in [-0.3, -0.25) is 0 Å². The monoisotopic (exact) mass is 480 g/mol. The Bertz CT molecular complexity index is 1320. The molecule has 2 N–H and O–H groups in total. The number of H-pyrrole nitrogens is 1. The standard InChI is InChI=1S/C24H22ClFN6O2/c25-16-9-18-19(12-29-21(18)28-11-16)22-30-13-20(26)23(31-22)27-10-15-5-4-8-32(14-15)24(33)34-17-6-2-1-3-7-17/h1-3,6-7,9,11-13,15H,4-5,8,10,14H2,(H,28,29)(H,27,30,31)/t15-/m1/s1. The van der Waals surface area contributed by atoms with Gasteiger partial charge in [0, 0.05) is 43.0 Å². The summed E-state index contributed by atoms with van der Waals surface area (Å²) in [6.07, 6.45) is 5.79. The summed E-state index contributed by atoms with van der Waals surface area (Å²) < 4.78 is 19.9. The first-order chi connectivity index (χ1) is 16.6. The molecule has 4 heterocycles. The van der Waals surface area contributed by atoms with E-state index in [-0.39, 0.29) is 17.8 Å². The van der Waals surface area contributed by atoms with Gasteiger partial charge in [-0.1, -0.05) is 29.8 Å². The summed E-state index contributed by atoms with van der Waals surface area (Å²) >= 11 is 6.08. The number of anilines is 1. The Morgan fingerprint density at radius 2 is 2.12 bits per heavy atom. The second-order valence-electron chi connectivity index (χ2n) is 8.16. The second-order valence-corrected chi connectivity index (χ2v) is 8.59. The smallest absolute Gasteiger partial charge is 0.410 e. The van der Waals surface area contributed by atoms with Crippen LogP contribution in [0.3, 0.4) is 0 Å². The van der Waals surface area contributed by atoms with E-state index in [1.807, 2.05) is 18.2 Å². The number of piperidine rings is 1. The fourth-order valence-electron chi connectivity index (χ4n) is 4.08. The Labute approximate surface area is 200 Å².